The van der Waals surface area contributed by atoms with E-state index < -0.39 is 0 Å². The van der Waals surface area contributed by atoms with Crippen molar-refractivity contribution in [1.29, 1.82) is 0 Å². The molecule has 1 N–H and O–H groups in total. The lowest BCUT2D eigenvalue weighted by molar-refractivity contribution is -0.124. The topological polar surface area (TPSA) is 32.3 Å². The van der Waals surface area contributed by atoms with Gasteiger partial charge in [-0.2, -0.15) is 0 Å². The van der Waals surface area contributed by atoms with Gasteiger partial charge in [-0.15, -0.1) is 0 Å². The molecule has 1 heterocycles. The molecule has 0 aliphatic carbocycles. The highest BCUT2D eigenvalue weighted by Crippen LogP contribution is 2.25. The van der Waals surface area contributed by atoms with Crippen LogP contribution in [0.5, 0.6) is 0 Å². The van der Waals surface area contributed by atoms with Crippen molar-refractivity contribution >= 4 is 11.6 Å². The largest absolute Gasteiger partial charge is 0.316 e. The molecular formula is C14H19FN2O. The molecule has 1 fully saturated rings. The van der Waals surface area contributed by atoms with Gasteiger partial charge in [-0.05, 0) is 37.6 Å². The maximum atomic E-state index is 13.7. The zero-order valence-corrected chi connectivity index (χ0v) is 10.8. The number of piperidine rings is 1. The summed E-state index contributed by atoms with van der Waals surface area (Å²) in [5.74, 6) is -0.0691. The summed E-state index contributed by atoms with van der Waals surface area (Å²) in [7, 11) is 1.65. The van der Waals surface area contributed by atoms with Crippen molar-refractivity contribution in [3.8, 4) is 0 Å². The summed E-state index contributed by atoms with van der Waals surface area (Å²) in [5, 5.41) is 3.26. The van der Waals surface area contributed by atoms with Crippen molar-refractivity contribution in [2.75, 3.05) is 25.0 Å². The molecule has 1 aliphatic rings. The number of benzene rings is 1. The van der Waals surface area contributed by atoms with Crippen LogP contribution in [0, 0.1) is 17.7 Å². The van der Waals surface area contributed by atoms with Crippen LogP contribution in [0.25, 0.3) is 0 Å². The molecule has 0 bridgehead atoms. The molecule has 0 radical (unpaired) electrons. The molecule has 1 amide bonds. The third-order valence-corrected chi connectivity index (χ3v) is 3.65. The molecule has 0 saturated carbocycles. The smallest absolute Gasteiger partial charge is 0.230 e. The van der Waals surface area contributed by atoms with Gasteiger partial charge in [-0.25, -0.2) is 4.39 Å². The first-order chi connectivity index (χ1) is 8.61. The van der Waals surface area contributed by atoms with Crippen LogP contribution in [-0.4, -0.2) is 26.0 Å². The SMILES string of the molecule is CC1CNCCC1C(=O)N(C)c1ccccc1F. The maximum absolute atomic E-state index is 13.7. The van der Waals surface area contributed by atoms with Crippen LogP contribution in [0.15, 0.2) is 24.3 Å². The summed E-state index contributed by atoms with van der Waals surface area (Å²) >= 11 is 0. The van der Waals surface area contributed by atoms with Crippen molar-refractivity contribution in [2.45, 2.75) is 13.3 Å². The van der Waals surface area contributed by atoms with Crippen LogP contribution in [0.4, 0.5) is 10.1 Å². The molecule has 2 rings (SSSR count). The Labute approximate surface area is 107 Å². The van der Waals surface area contributed by atoms with E-state index in [0.29, 0.717) is 11.6 Å². The van der Waals surface area contributed by atoms with Gasteiger partial charge in [-0.3, -0.25) is 4.79 Å². The number of hydrogen-bond donors (Lipinski definition) is 1. The lowest BCUT2D eigenvalue weighted by Gasteiger charge is -2.31. The van der Waals surface area contributed by atoms with E-state index >= 15 is 0 Å². The van der Waals surface area contributed by atoms with Gasteiger partial charge in [0.05, 0.1) is 5.69 Å². The second-order valence-electron chi connectivity index (χ2n) is 4.93. The molecule has 4 heteroatoms. The molecule has 98 valence electrons. The standard InChI is InChI=1S/C14H19FN2O/c1-10-9-16-8-7-11(10)14(18)17(2)13-6-4-3-5-12(13)15/h3-6,10-11,16H,7-9H2,1-2H3. The Hall–Kier alpha value is -1.42. The van der Waals surface area contributed by atoms with E-state index in [4.69, 9.17) is 0 Å². The van der Waals surface area contributed by atoms with Gasteiger partial charge in [0.2, 0.25) is 5.91 Å². The van der Waals surface area contributed by atoms with Crippen molar-refractivity contribution in [3.63, 3.8) is 0 Å². The Morgan fingerprint density at radius 2 is 2.17 bits per heavy atom. The number of halogens is 1. The van der Waals surface area contributed by atoms with E-state index in [2.05, 4.69) is 12.2 Å². The molecule has 0 spiro atoms. The molecule has 3 nitrogen and oxygen atoms in total. The Morgan fingerprint density at radius 3 is 2.83 bits per heavy atom. The fourth-order valence-electron chi connectivity index (χ4n) is 2.47. The molecular weight excluding hydrogens is 231 g/mol. The number of carbonyl (C=O) groups excluding carboxylic acids is 1. The van der Waals surface area contributed by atoms with Gasteiger partial charge in [-0.1, -0.05) is 19.1 Å². The highest BCUT2D eigenvalue weighted by atomic mass is 19.1. The van der Waals surface area contributed by atoms with Crippen molar-refractivity contribution in [3.05, 3.63) is 30.1 Å². The lowest BCUT2D eigenvalue weighted by atomic mass is 9.87. The third-order valence-electron chi connectivity index (χ3n) is 3.65. The summed E-state index contributed by atoms with van der Waals surface area (Å²) in [6, 6.07) is 6.39. The molecule has 0 aromatic heterocycles. The first kappa shape index (κ1) is 13.0. The molecule has 1 saturated heterocycles. The van der Waals surface area contributed by atoms with Crippen molar-refractivity contribution in [2.24, 2.45) is 11.8 Å². The molecule has 2 unspecified atom stereocenters. The minimum atomic E-state index is -0.352. The van der Waals surface area contributed by atoms with Crippen LogP contribution in [-0.2, 0) is 4.79 Å². The summed E-state index contributed by atoms with van der Waals surface area (Å²) in [4.78, 5) is 13.8. The Balaban J connectivity index is 2.16. The van der Waals surface area contributed by atoms with E-state index in [1.807, 2.05) is 0 Å². The van der Waals surface area contributed by atoms with Gasteiger partial charge >= 0.3 is 0 Å². The van der Waals surface area contributed by atoms with Gasteiger partial charge in [0.1, 0.15) is 5.82 Å². The van der Waals surface area contributed by atoms with E-state index in [1.165, 1.54) is 11.0 Å². The molecule has 2 atom stereocenters. The lowest BCUT2D eigenvalue weighted by Crippen LogP contribution is -2.44. The van der Waals surface area contributed by atoms with E-state index in [0.717, 1.165) is 19.5 Å². The zero-order valence-electron chi connectivity index (χ0n) is 10.8. The normalized spacial score (nSPS) is 23.7. The Bertz CT molecular complexity index is 436. The van der Waals surface area contributed by atoms with E-state index in [-0.39, 0.29) is 17.6 Å². The van der Waals surface area contributed by atoms with Crippen molar-refractivity contribution in [1.82, 2.24) is 5.32 Å². The van der Waals surface area contributed by atoms with Crippen molar-refractivity contribution < 1.29 is 9.18 Å². The van der Waals surface area contributed by atoms with Gasteiger partial charge < -0.3 is 10.2 Å². The van der Waals surface area contributed by atoms with Crippen LogP contribution in [0.1, 0.15) is 13.3 Å². The predicted molar refractivity (Wildman–Crippen MR) is 70.0 cm³/mol. The number of nitrogens with one attached hydrogen (secondary N) is 1. The number of hydrogen-bond acceptors (Lipinski definition) is 2. The van der Waals surface area contributed by atoms with Crippen LogP contribution < -0.4 is 10.2 Å². The quantitative estimate of drug-likeness (QED) is 0.871. The fourth-order valence-corrected chi connectivity index (χ4v) is 2.47. The van der Waals surface area contributed by atoms with Crippen LogP contribution in [0.3, 0.4) is 0 Å². The van der Waals surface area contributed by atoms with Gasteiger partial charge in [0.15, 0.2) is 0 Å². The molecule has 1 aliphatic heterocycles. The zero-order chi connectivity index (χ0) is 13.1. The van der Waals surface area contributed by atoms with E-state index in [1.54, 1.807) is 25.2 Å². The van der Waals surface area contributed by atoms with Gasteiger partial charge in [0.25, 0.3) is 0 Å². The molecule has 18 heavy (non-hydrogen) atoms. The highest BCUT2D eigenvalue weighted by molar-refractivity contribution is 5.94. The second-order valence-corrected chi connectivity index (χ2v) is 4.93. The first-order valence-corrected chi connectivity index (χ1v) is 6.34. The van der Waals surface area contributed by atoms with Crippen LogP contribution in [0.2, 0.25) is 0 Å². The number of para-hydroxylation sites is 1. The van der Waals surface area contributed by atoms with Crippen LogP contribution >= 0.6 is 0 Å². The Morgan fingerprint density at radius 1 is 1.44 bits per heavy atom. The van der Waals surface area contributed by atoms with Gasteiger partial charge in [0, 0.05) is 13.0 Å². The monoisotopic (exact) mass is 250 g/mol. The molecule has 1 aromatic rings. The minimum absolute atomic E-state index is 0.00843. The predicted octanol–water partition coefficient (Wildman–Crippen LogP) is 2.03. The number of amides is 1. The number of rotatable bonds is 2. The minimum Gasteiger partial charge on any atom is -0.316 e. The Kier molecular flexibility index (Phi) is 3.97. The maximum Gasteiger partial charge on any atom is 0.230 e. The number of nitrogens with zero attached hydrogens (tertiary/aromatic N) is 1. The first-order valence-electron chi connectivity index (χ1n) is 6.34. The molecule has 1 aromatic carbocycles. The number of anilines is 1. The highest BCUT2D eigenvalue weighted by Gasteiger charge is 2.30. The van der Waals surface area contributed by atoms with E-state index in [9.17, 15) is 9.18 Å². The summed E-state index contributed by atoms with van der Waals surface area (Å²) in [6.45, 7) is 3.76. The summed E-state index contributed by atoms with van der Waals surface area (Å²) in [6.07, 6.45) is 0.818. The summed E-state index contributed by atoms with van der Waals surface area (Å²) < 4.78 is 13.7. The average Bonchev–Trinajstić information content (AvgIpc) is 2.38. The summed E-state index contributed by atoms with van der Waals surface area (Å²) in [5.41, 5.74) is 0.355. The number of carbonyl (C=O) groups is 1. The third kappa shape index (κ3) is 2.53. The fraction of sp³-hybridized carbons (Fsp3) is 0.500. The average molecular weight is 250 g/mol. The second kappa shape index (κ2) is 5.48.